The molecule has 0 radical (unpaired) electrons. The first-order chi connectivity index (χ1) is 10.5. The van der Waals surface area contributed by atoms with Crippen molar-refractivity contribution in [2.75, 3.05) is 5.32 Å². The number of allylic oxidation sites excluding steroid dienone is 1. The second-order valence-electron chi connectivity index (χ2n) is 4.91. The van der Waals surface area contributed by atoms with Crippen LogP contribution in [0.2, 0.25) is 0 Å². The van der Waals surface area contributed by atoms with Crippen LogP contribution in [0.5, 0.6) is 0 Å². The number of benzene rings is 2. The van der Waals surface area contributed by atoms with Gasteiger partial charge in [0, 0.05) is 15.7 Å². The molecule has 0 bridgehead atoms. The van der Waals surface area contributed by atoms with E-state index in [4.69, 9.17) is 0 Å². The molecule has 0 atom stereocenters. The number of Topliss-reactive ketones (excluding diaryl/α,β-unsaturated/α-hetero) is 1. The second-order valence-corrected chi connectivity index (χ2v) is 5.83. The van der Waals surface area contributed by atoms with Crippen molar-refractivity contribution in [1.82, 2.24) is 0 Å². The molecule has 2 aromatic rings. The molecule has 0 unspecified atom stereocenters. The van der Waals surface area contributed by atoms with E-state index >= 15 is 0 Å². The third-order valence-electron chi connectivity index (χ3n) is 3.44. The van der Waals surface area contributed by atoms with E-state index in [1.807, 2.05) is 18.2 Å². The number of anilines is 1. The first kappa shape index (κ1) is 14.7. The summed E-state index contributed by atoms with van der Waals surface area (Å²) in [6.45, 7) is 0. The van der Waals surface area contributed by atoms with Gasteiger partial charge >= 0.3 is 0 Å². The first-order valence-electron chi connectivity index (χ1n) is 6.65. The number of carbonyl (C=O) groups excluding carboxylic acids is 2. The number of ketones is 1. The maximum Gasteiger partial charge on any atom is 0.296 e. The van der Waals surface area contributed by atoms with E-state index in [9.17, 15) is 14.0 Å². The maximum atomic E-state index is 12.8. The average molecular weight is 360 g/mol. The number of halogens is 2. The van der Waals surface area contributed by atoms with Gasteiger partial charge in [0.05, 0.1) is 0 Å². The fourth-order valence-corrected chi connectivity index (χ4v) is 2.72. The minimum Gasteiger partial charge on any atom is -0.319 e. The predicted octanol–water partition coefficient (Wildman–Crippen LogP) is 3.74. The van der Waals surface area contributed by atoms with Crippen LogP contribution in [-0.4, -0.2) is 11.7 Å². The summed E-state index contributed by atoms with van der Waals surface area (Å²) in [6, 6.07) is 10.9. The molecule has 1 N–H and O–H groups in total. The largest absolute Gasteiger partial charge is 0.319 e. The Morgan fingerprint density at radius 1 is 1.09 bits per heavy atom. The normalized spacial score (nSPS) is 12.5. The number of fused-ring (bicyclic) bond motifs is 1. The number of amides is 1. The summed E-state index contributed by atoms with van der Waals surface area (Å²) >= 11 is 3.36. The SMILES string of the molecule is O=C(Nc1ccc(F)cc1)C(=O)C1=CCc2ccc(Br)cc21. The Balaban J connectivity index is 1.79. The standard InChI is InChI=1S/C17H11BrFNO2/c18-11-3-1-10-2-8-14(15(10)9-11)16(21)17(22)20-13-6-4-12(19)5-7-13/h1,3-9H,2H2,(H,20,22). The summed E-state index contributed by atoms with van der Waals surface area (Å²) in [5.41, 5.74) is 2.57. The Bertz CT molecular complexity index is 797. The molecule has 110 valence electrons. The molecule has 0 spiro atoms. The molecule has 0 saturated carbocycles. The summed E-state index contributed by atoms with van der Waals surface area (Å²) in [5.74, 6) is -1.73. The Morgan fingerprint density at radius 3 is 2.55 bits per heavy atom. The summed E-state index contributed by atoms with van der Waals surface area (Å²) in [5, 5.41) is 2.48. The van der Waals surface area contributed by atoms with Gasteiger partial charge in [-0.05, 0) is 53.9 Å². The predicted molar refractivity (Wildman–Crippen MR) is 85.9 cm³/mol. The summed E-state index contributed by atoms with van der Waals surface area (Å²) in [7, 11) is 0. The maximum absolute atomic E-state index is 12.8. The monoisotopic (exact) mass is 359 g/mol. The van der Waals surface area contributed by atoms with E-state index in [2.05, 4.69) is 21.2 Å². The van der Waals surface area contributed by atoms with Crippen LogP contribution < -0.4 is 5.32 Å². The van der Waals surface area contributed by atoms with Gasteiger partial charge in [0.15, 0.2) is 0 Å². The molecule has 22 heavy (non-hydrogen) atoms. The molecule has 2 aromatic carbocycles. The van der Waals surface area contributed by atoms with Crippen LogP contribution in [-0.2, 0) is 16.0 Å². The molecule has 0 heterocycles. The Hall–Kier alpha value is -2.27. The number of carbonyl (C=O) groups is 2. The van der Waals surface area contributed by atoms with E-state index in [0.29, 0.717) is 17.7 Å². The molecule has 1 aliphatic rings. The van der Waals surface area contributed by atoms with Gasteiger partial charge in [0.1, 0.15) is 5.82 Å². The molecule has 0 aliphatic heterocycles. The van der Waals surface area contributed by atoms with Gasteiger partial charge in [-0.3, -0.25) is 9.59 Å². The van der Waals surface area contributed by atoms with Crippen molar-refractivity contribution in [3.05, 3.63) is 70.0 Å². The fraction of sp³-hybridized carbons (Fsp3) is 0.0588. The van der Waals surface area contributed by atoms with Crippen molar-refractivity contribution in [3.8, 4) is 0 Å². The van der Waals surface area contributed by atoms with E-state index in [1.54, 1.807) is 6.08 Å². The minimum atomic E-state index is -0.731. The Kier molecular flexibility index (Phi) is 3.90. The van der Waals surface area contributed by atoms with E-state index < -0.39 is 17.5 Å². The zero-order valence-electron chi connectivity index (χ0n) is 11.4. The van der Waals surface area contributed by atoms with Crippen LogP contribution in [0.4, 0.5) is 10.1 Å². The quantitative estimate of drug-likeness (QED) is 0.848. The third-order valence-corrected chi connectivity index (χ3v) is 3.93. The topological polar surface area (TPSA) is 46.2 Å². The highest BCUT2D eigenvalue weighted by Gasteiger charge is 2.25. The van der Waals surface area contributed by atoms with Gasteiger partial charge in [0.2, 0.25) is 0 Å². The summed E-state index contributed by atoms with van der Waals surface area (Å²) in [6.07, 6.45) is 2.39. The van der Waals surface area contributed by atoms with Crippen molar-refractivity contribution >= 4 is 38.9 Å². The van der Waals surface area contributed by atoms with Crippen LogP contribution in [0.1, 0.15) is 11.1 Å². The van der Waals surface area contributed by atoms with Crippen LogP contribution in [0, 0.1) is 5.82 Å². The van der Waals surface area contributed by atoms with Gasteiger partial charge in [0.25, 0.3) is 11.7 Å². The van der Waals surface area contributed by atoms with E-state index in [1.165, 1.54) is 24.3 Å². The summed E-state index contributed by atoms with van der Waals surface area (Å²) in [4.78, 5) is 24.4. The van der Waals surface area contributed by atoms with E-state index in [-0.39, 0.29) is 0 Å². The van der Waals surface area contributed by atoms with Gasteiger partial charge in [-0.25, -0.2) is 4.39 Å². The third kappa shape index (κ3) is 2.85. The molecule has 3 nitrogen and oxygen atoms in total. The van der Waals surface area contributed by atoms with Crippen molar-refractivity contribution in [2.24, 2.45) is 0 Å². The molecule has 1 aliphatic carbocycles. The van der Waals surface area contributed by atoms with Crippen molar-refractivity contribution in [2.45, 2.75) is 6.42 Å². The van der Waals surface area contributed by atoms with Gasteiger partial charge in [-0.1, -0.05) is 28.1 Å². The lowest BCUT2D eigenvalue weighted by Gasteiger charge is -2.07. The summed E-state index contributed by atoms with van der Waals surface area (Å²) < 4.78 is 13.7. The molecular formula is C17H11BrFNO2. The molecule has 0 saturated heterocycles. The second kappa shape index (κ2) is 5.85. The Labute approximate surface area is 135 Å². The van der Waals surface area contributed by atoms with Gasteiger partial charge in [-0.2, -0.15) is 0 Å². The average Bonchev–Trinajstić information content (AvgIpc) is 2.91. The number of hydrogen-bond donors (Lipinski definition) is 1. The lowest BCUT2D eigenvalue weighted by atomic mass is 10.0. The number of rotatable bonds is 3. The van der Waals surface area contributed by atoms with Gasteiger partial charge in [-0.15, -0.1) is 0 Å². The highest BCUT2D eigenvalue weighted by Crippen LogP contribution is 2.30. The van der Waals surface area contributed by atoms with Crippen LogP contribution in [0.15, 0.2) is 53.0 Å². The molecule has 1 amide bonds. The lowest BCUT2D eigenvalue weighted by molar-refractivity contribution is -0.131. The van der Waals surface area contributed by atoms with Gasteiger partial charge < -0.3 is 5.32 Å². The zero-order chi connectivity index (χ0) is 15.7. The molecule has 3 rings (SSSR count). The number of nitrogens with one attached hydrogen (secondary N) is 1. The number of hydrogen-bond acceptors (Lipinski definition) is 2. The first-order valence-corrected chi connectivity index (χ1v) is 7.44. The van der Waals surface area contributed by atoms with Crippen molar-refractivity contribution in [1.29, 1.82) is 0 Å². The van der Waals surface area contributed by atoms with Crippen molar-refractivity contribution < 1.29 is 14.0 Å². The van der Waals surface area contributed by atoms with Crippen LogP contribution in [0.25, 0.3) is 5.57 Å². The molecule has 5 heteroatoms. The minimum absolute atomic E-state index is 0.382. The lowest BCUT2D eigenvalue weighted by Crippen LogP contribution is -2.23. The highest BCUT2D eigenvalue weighted by atomic mass is 79.9. The Morgan fingerprint density at radius 2 is 1.82 bits per heavy atom. The molecular weight excluding hydrogens is 349 g/mol. The zero-order valence-corrected chi connectivity index (χ0v) is 13.0. The van der Waals surface area contributed by atoms with Crippen LogP contribution in [0.3, 0.4) is 0 Å². The van der Waals surface area contributed by atoms with E-state index in [0.717, 1.165) is 15.6 Å². The smallest absolute Gasteiger partial charge is 0.296 e. The fourth-order valence-electron chi connectivity index (χ4n) is 2.36. The van der Waals surface area contributed by atoms with Crippen LogP contribution >= 0.6 is 15.9 Å². The highest BCUT2D eigenvalue weighted by molar-refractivity contribution is 9.10. The van der Waals surface area contributed by atoms with Crippen molar-refractivity contribution in [3.63, 3.8) is 0 Å². The molecule has 0 aromatic heterocycles. The molecule has 0 fully saturated rings.